The molecule has 1 fully saturated rings. The molecule has 1 saturated carbocycles. The van der Waals surface area contributed by atoms with Crippen molar-refractivity contribution in [2.75, 3.05) is 24.6 Å². The number of imide groups is 2. The molecule has 0 aromatic rings. The minimum atomic E-state index is -0.487. The van der Waals surface area contributed by atoms with Crippen molar-refractivity contribution >= 4 is 45.5 Å². The van der Waals surface area contributed by atoms with Crippen molar-refractivity contribution < 1.29 is 19.2 Å². The van der Waals surface area contributed by atoms with Crippen molar-refractivity contribution in [1.82, 2.24) is 21.3 Å². The van der Waals surface area contributed by atoms with Gasteiger partial charge in [-0.15, -0.1) is 0 Å². The number of urea groups is 2. The van der Waals surface area contributed by atoms with Gasteiger partial charge in [0.1, 0.15) is 0 Å². The number of hydrogen-bond acceptors (Lipinski definition) is 6. The van der Waals surface area contributed by atoms with E-state index < -0.39 is 12.1 Å². The van der Waals surface area contributed by atoms with Crippen molar-refractivity contribution in [3.05, 3.63) is 0 Å². The van der Waals surface area contributed by atoms with E-state index in [4.69, 9.17) is 0 Å². The highest BCUT2D eigenvalue weighted by molar-refractivity contribution is 8.76. The van der Waals surface area contributed by atoms with Crippen LogP contribution in [0.2, 0.25) is 0 Å². The zero-order valence-electron chi connectivity index (χ0n) is 15.3. The highest BCUT2D eigenvalue weighted by atomic mass is 33.1. The molecule has 0 radical (unpaired) electrons. The van der Waals surface area contributed by atoms with Crippen LogP contribution in [-0.2, 0) is 9.59 Å². The monoisotopic (exact) mass is 404 g/mol. The lowest BCUT2D eigenvalue weighted by Gasteiger charge is -2.10. The van der Waals surface area contributed by atoms with Crippen molar-refractivity contribution in [3.63, 3.8) is 0 Å². The van der Waals surface area contributed by atoms with Crippen LogP contribution in [0.15, 0.2) is 0 Å². The predicted octanol–water partition coefficient (Wildman–Crippen LogP) is 1.87. The van der Waals surface area contributed by atoms with Crippen LogP contribution in [0.25, 0.3) is 0 Å². The summed E-state index contributed by atoms with van der Waals surface area (Å²) < 4.78 is 0. The third-order valence-corrected chi connectivity index (χ3v) is 5.90. The van der Waals surface area contributed by atoms with E-state index in [9.17, 15) is 19.2 Å². The minimum absolute atomic E-state index is 0.0399. The summed E-state index contributed by atoms with van der Waals surface area (Å²) in [5.41, 5.74) is 0. The van der Waals surface area contributed by atoms with Crippen molar-refractivity contribution in [3.8, 4) is 0 Å². The maximum absolute atomic E-state index is 11.8. The van der Waals surface area contributed by atoms with Gasteiger partial charge in [-0.2, -0.15) is 0 Å². The van der Waals surface area contributed by atoms with E-state index >= 15 is 0 Å². The van der Waals surface area contributed by atoms with Crippen LogP contribution < -0.4 is 21.3 Å². The summed E-state index contributed by atoms with van der Waals surface area (Å²) in [6.45, 7) is 4.83. The molecule has 0 unspecified atom stereocenters. The molecule has 0 aliphatic heterocycles. The number of rotatable bonds is 9. The van der Waals surface area contributed by atoms with Crippen molar-refractivity contribution in [2.24, 2.45) is 11.8 Å². The smallest absolute Gasteiger partial charge is 0.321 e. The van der Waals surface area contributed by atoms with Gasteiger partial charge in [-0.05, 0) is 18.8 Å². The lowest BCUT2D eigenvalue weighted by atomic mass is 10.1. The summed E-state index contributed by atoms with van der Waals surface area (Å²) in [5.74, 6) is 0.446. The summed E-state index contributed by atoms with van der Waals surface area (Å²) in [5, 5.41) is 9.83. The van der Waals surface area contributed by atoms with E-state index in [1.807, 2.05) is 13.8 Å². The second-order valence-corrected chi connectivity index (χ2v) is 9.05. The van der Waals surface area contributed by atoms with Gasteiger partial charge in [0.15, 0.2) is 0 Å². The first-order chi connectivity index (χ1) is 12.4. The summed E-state index contributed by atoms with van der Waals surface area (Å²) in [4.78, 5) is 46.4. The molecule has 1 aliphatic carbocycles. The maximum atomic E-state index is 11.8. The molecule has 0 spiro atoms. The Morgan fingerprint density at radius 1 is 0.962 bits per heavy atom. The predicted molar refractivity (Wildman–Crippen MR) is 105 cm³/mol. The summed E-state index contributed by atoms with van der Waals surface area (Å²) in [6.07, 6.45) is 3.79. The Bertz CT molecular complexity index is 497. The van der Waals surface area contributed by atoms with Crippen molar-refractivity contribution in [2.45, 2.75) is 39.5 Å². The van der Waals surface area contributed by atoms with Crippen LogP contribution in [0.4, 0.5) is 9.59 Å². The van der Waals surface area contributed by atoms with Gasteiger partial charge < -0.3 is 10.6 Å². The molecule has 26 heavy (non-hydrogen) atoms. The van der Waals surface area contributed by atoms with Gasteiger partial charge in [0.25, 0.3) is 0 Å². The lowest BCUT2D eigenvalue weighted by Crippen LogP contribution is -2.42. The Hall–Kier alpha value is -1.42. The largest absolute Gasteiger partial charge is 0.338 e. The first kappa shape index (κ1) is 22.6. The quantitative estimate of drug-likeness (QED) is 0.344. The Labute approximate surface area is 162 Å². The Balaban J connectivity index is 1.99. The summed E-state index contributed by atoms with van der Waals surface area (Å²) in [6, 6.07) is -0.966. The Morgan fingerprint density at radius 3 is 2.27 bits per heavy atom. The molecular weight excluding hydrogens is 376 g/mol. The first-order valence-corrected chi connectivity index (χ1v) is 11.3. The first-order valence-electron chi connectivity index (χ1n) is 8.79. The molecule has 0 atom stereocenters. The zero-order chi connectivity index (χ0) is 19.4. The number of hydrogen-bond donors (Lipinski definition) is 4. The highest BCUT2D eigenvalue weighted by Gasteiger charge is 2.23. The van der Waals surface area contributed by atoms with Crippen LogP contribution in [0.5, 0.6) is 0 Å². The normalized spacial score (nSPS) is 14.1. The Kier molecular flexibility index (Phi) is 11.2. The molecule has 4 N–H and O–H groups in total. The lowest BCUT2D eigenvalue weighted by molar-refractivity contribution is -0.123. The number of amides is 6. The second kappa shape index (κ2) is 12.9. The number of nitrogens with one attached hydrogen (secondary N) is 4. The maximum Gasteiger partial charge on any atom is 0.321 e. The molecule has 10 heteroatoms. The fourth-order valence-electron chi connectivity index (χ4n) is 2.31. The van der Waals surface area contributed by atoms with Crippen LogP contribution in [-0.4, -0.2) is 48.5 Å². The van der Waals surface area contributed by atoms with Crippen LogP contribution >= 0.6 is 21.6 Å². The molecule has 6 amide bonds. The molecule has 148 valence electrons. The average molecular weight is 405 g/mol. The van der Waals surface area contributed by atoms with Gasteiger partial charge in [-0.1, -0.05) is 48.3 Å². The standard InChI is InChI=1S/C16H28N4O4S2/c1-11(2)9-18-16(24)19-13(21)10-26-25-8-7-17-15(23)20-14(22)12-5-3-4-6-12/h11-12H,3-10H2,1-2H3,(H2,17,20,22,23)(H2,18,19,21,24). The van der Waals surface area contributed by atoms with E-state index in [1.165, 1.54) is 21.6 Å². The molecule has 1 rings (SSSR count). The minimum Gasteiger partial charge on any atom is -0.338 e. The molecule has 0 bridgehead atoms. The van der Waals surface area contributed by atoms with Crippen LogP contribution in [0.1, 0.15) is 39.5 Å². The third kappa shape index (κ3) is 10.5. The molecule has 0 aromatic carbocycles. The summed E-state index contributed by atoms with van der Waals surface area (Å²) >= 11 is 0. The van der Waals surface area contributed by atoms with E-state index in [-0.39, 0.29) is 23.5 Å². The van der Waals surface area contributed by atoms with E-state index in [2.05, 4.69) is 21.3 Å². The molecule has 0 heterocycles. The van der Waals surface area contributed by atoms with E-state index in [0.29, 0.717) is 24.8 Å². The van der Waals surface area contributed by atoms with Gasteiger partial charge in [0, 0.05) is 24.8 Å². The highest BCUT2D eigenvalue weighted by Crippen LogP contribution is 2.24. The molecule has 0 saturated heterocycles. The average Bonchev–Trinajstić information content (AvgIpc) is 3.10. The van der Waals surface area contributed by atoms with Crippen LogP contribution in [0, 0.1) is 11.8 Å². The van der Waals surface area contributed by atoms with Gasteiger partial charge >= 0.3 is 12.1 Å². The van der Waals surface area contributed by atoms with E-state index in [1.54, 1.807) is 0 Å². The molecular formula is C16H28N4O4S2. The van der Waals surface area contributed by atoms with Gasteiger partial charge in [-0.3, -0.25) is 20.2 Å². The van der Waals surface area contributed by atoms with E-state index in [0.717, 1.165) is 25.7 Å². The van der Waals surface area contributed by atoms with Gasteiger partial charge in [0.2, 0.25) is 11.8 Å². The topological polar surface area (TPSA) is 116 Å². The van der Waals surface area contributed by atoms with Crippen molar-refractivity contribution in [1.29, 1.82) is 0 Å². The third-order valence-electron chi connectivity index (χ3n) is 3.63. The summed E-state index contributed by atoms with van der Waals surface area (Å²) in [7, 11) is 2.71. The van der Waals surface area contributed by atoms with Crippen LogP contribution in [0.3, 0.4) is 0 Å². The molecule has 8 nitrogen and oxygen atoms in total. The zero-order valence-corrected chi connectivity index (χ0v) is 16.9. The molecule has 0 aromatic heterocycles. The van der Waals surface area contributed by atoms with Gasteiger partial charge in [-0.25, -0.2) is 9.59 Å². The SMILES string of the molecule is CC(C)CNC(=O)NC(=O)CSSCCNC(=O)NC(=O)C1CCCC1. The fourth-order valence-corrected chi connectivity index (χ4v) is 4.05. The fraction of sp³-hybridized carbons (Fsp3) is 0.750. The van der Waals surface area contributed by atoms with Gasteiger partial charge in [0.05, 0.1) is 5.75 Å². The number of carbonyl (C=O) groups is 4. The Morgan fingerprint density at radius 2 is 1.62 bits per heavy atom. The number of carbonyl (C=O) groups excluding carboxylic acids is 4. The second-order valence-electron chi connectivity index (χ2n) is 6.46. The molecule has 1 aliphatic rings.